The van der Waals surface area contributed by atoms with Gasteiger partial charge in [0.05, 0.1) is 5.41 Å². The molecule has 2 rings (SSSR count). The Morgan fingerprint density at radius 2 is 2.23 bits per heavy atom. The van der Waals surface area contributed by atoms with E-state index in [0.29, 0.717) is 10.2 Å². The lowest BCUT2D eigenvalue weighted by atomic mass is 9.94. The van der Waals surface area contributed by atoms with Crippen molar-refractivity contribution < 1.29 is 4.79 Å². The molecule has 0 N–H and O–H groups in total. The number of amides is 1. The van der Waals surface area contributed by atoms with Crippen molar-refractivity contribution in [3.8, 4) is 10.6 Å². The maximum Gasteiger partial charge on any atom is 0.233 e. The molecule has 118 valence electrons. The highest BCUT2D eigenvalue weighted by Crippen LogP contribution is 2.38. The number of hydrogen-bond donors (Lipinski definition) is 0. The molecule has 1 amide bonds. The van der Waals surface area contributed by atoms with Crippen molar-refractivity contribution >= 4 is 45.6 Å². The van der Waals surface area contributed by atoms with Crippen molar-refractivity contribution in [1.82, 2.24) is 9.97 Å². The summed E-state index contributed by atoms with van der Waals surface area (Å²) in [5.41, 5.74) is 0.445. The molecule has 0 unspecified atom stereocenters. The predicted molar refractivity (Wildman–Crippen MR) is 95.9 cm³/mol. The van der Waals surface area contributed by atoms with Crippen molar-refractivity contribution in [3.05, 3.63) is 29.7 Å². The number of thioether (sulfide) groups is 1. The third-order valence-corrected chi connectivity index (χ3v) is 5.74. The zero-order chi connectivity index (χ0) is 16.3. The highest BCUT2D eigenvalue weighted by Gasteiger charge is 2.32. The second-order valence-electron chi connectivity index (χ2n) is 5.54. The Hall–Kier alpha value is -1.11. The number of aromatic nitrogens is 2. The number of hydrogen-bond acceptors (Lipinski definition) is 5. The van der Waals surface area contributed by atoms with Crippen LogP contribution in [0.1, 0.15) is 13.8 Å². The van der Waals surface area contributed by atoms with Gasteiger partial charge in [0, 0.05) is 30.8 Å². The first kappa shape index (κ1) is 17.2. The molecule has 0 fully saturated rings. The van der Waals surface area contributed by atoms with Crippen molar-refractivity contribution in [3.63, 3.8) is 0 Å². The van der Waals surface area contributed by atoms with Gasteiger partial charge in [-0.15, -0.1) is 0 Å². The van der Waals surface area contributed by atoms with Gasteiger partial charge in [-0.25, -0.2) is 4.98 Å². The average Bonchev–Trinajstić information content (AvgIpc) is 2.88. The van der Waals surface area contributed by atoms with Crippen LogP contribution in [-0.4, -0.2) is 34.9 Å². The molecule has 0 aliphatic rings. The maximum atomic E-state index is 12.7. The van der Waals surface area contributed by atoms with Crippen molar-refractivity contribution in [2.45, 2.75) is 13.8 Å². The minimum Gasteiger partial charge on any atom is -0.304 e. The van der Waals surface area contributed by atoms with Crippen LogP contribution in [0.3, 0.4) is 0 Å². The van der Waals surface area contributed by atoms with Crippen LogP contribution in [0, 0.1) is 5.41 Å². The summed E-state index contributed by atoms with van der Waals surface area (Å²) < 4.78 is 0. The third kappa shape index (κ3) is 3.62. The molecule has 0 radical (unpaired) electrons. The maximum absolute atomic E-state index is 12.7. The van der Waals surface area contributed by atoms with Crippen LogP contribution in [0.4, 0.5) is 5.00 Å². The van der Waals surface area contributed by atoms with Gasteiger partial charge in [0.15, 0.2) is 5.15 Å². The normalized spacial score (nSPS) is 11.5. The summed E-state index contributed by atoms with van der Waals surface area (Å²) in [6, 6.07) is 3.77. The van der Waals surface area contributed by atoms with E-state index in [4.69, 9.17) is 11.6 Å². The van der Waals surface area contributed by atoms with E-state index in [1.165, 1.54) is 11.3 Å². The summed E-state index contributed by atoms with van der Waals surface area (Å²) in [6.07, 6.45) is 5.44. The van der Waals surface area contributed by atoms with Crippen LogP contribution in [0.2, 0.25) is 5.15 Å². The summed E-state index contributed by atoms with van der Waals surface area (Å²) in [6.45, 7) is 3.89. The van der Waals surface area contributed by atoms with E-state index in [1.54, 1.807) is 36.1 Å². The number of carbonyl (C=O) groups is 1. The molecule has 7 heteroatoms. The van der Waals surface area contributed by atoms with Crippen molar-refractivity contribution in [2.75, 3.05) is 24.0 Å². The van der Waals surface area contributed by atoms with E-state index in [-0.39, 0.29) is 5.91 Å². The van der Waals surface area contributed by atoms with E-state index in [9.17, 15) is 4.79 Å². The van der Waals surface area contributed by atoms with Gasteiger partial charge in [0.25, 0.3) is 0 Å². The second-order valence-corrected chi connectivity index (χ2v) is 7.74. The van der Waals surface area contributed by atoms with Gasteiger partial charge >= 0.3 is 0 Å². The van der Waals surface area contributed by atoms with E-state index < -0.39 is 5.41 Å². The van der Waals surface area contributed by atoms with Gasteiger partial charge in [0.1, 0.15) is 10.0 Å². The Kier molecular flexibility index (Phi) is 5.47. The molecular weight excluding hydrogens is 338 g/mol. The van der Waals surface area contributed by atoms with Crippen molar-refractivity contribution in [2.24, 2.45) is 5.41 Å². The molecule has 0 aliphatic carbocycles. The highest BCUT2D eigenvalue weighted by atomic mass is 35.5. The number of thiazole rings is 1. The number of halogens is 1. The van der Waals surface area contributed by atoms with Crippen LogP contribution in [0.5, 0.6) is 0 Å². The predicted octanol–water partition coefficient (Wildman–Crippen LogP) is 4.21. The molecular formula is C15H18ClN3OS2. The molecule has 4 nitrogen and oxygen atoms in total. The second kappa shape index (κ2) is 6.98. The molecule has 2 heterocycles. The minimum absolute atomic E-state index is 0.0325. The number of nitrogens with zero attached hydrogens (tertiary/aromatic N) is 3. The molecule has 0 saturated heterocycles. The Labute approximate surface area is 143 Å². The first-order valence-corrected chi connectivity index (χ1v) is 9.29. The van der Waals surface area contributed by atoms with Gasteiger partial charge in [-0.05, 0) is 18.4 Å². The standard InChI is InChI=1S/C15H18ClN3OS2/c1-15(2,9-21-4)14(20)19(3)13-11(16)18-12(22-13)10-6-5-7-17-8-10/h5-8H,9H2,1-4H3. The smallest absolute Gasteiger partial charge is 0.233 e. The zero-order valence-corrected chi connectivity index (χ0v) is 15.3. The van der Waals surface area contributed by atoms with E-state index in [2.05, 4.69) is 9.97 Å². The highest BCUT2D eigenvalue weighted by molar-refractivity contribution is 7.98. The summed E-state index contributed by atoms with van der Waals surface area (Å²) >= 11 is 9.29. The largest absolute Gasteiger partial charge is 0.304 e. The van der Waals surface area contributed by atoms with Gasteiger partial charge in [-0.2, -0.15) is 11.8 Å². The SMILES string of the molecule is CSCC(C)(C)C(=O)N(C)c1sc(-c2cccnc2)nc1Cl. The van der Waals surface area contributed by atoms with Gasteiger partial charge in [0.2, 0.25) is 5.91 Å². The molecule has 0 bridgehead atoms. The monoisotopic (exact) mass is 355 g/mol. The van der Waals surface area contributed by atoms with E-state index >= 15 is 0 Å². The molecule has 0 spiro atoms. The topological polar surface area (TPSA) is 46.1 Å². The van der Waals surface area contributed by atoms with E-state index in [0.717, 1.165) is 16.3 Å². The van der Waals surface area contributed by atoms with Crippen LogP contribution in [0.15, 0.2) is 24.5 Å². The fraction of sp³-hybridized carbons (Fsp3) is 0.400. The number of rotatable bonds is 5. The first-order chi connectivity index (χ1) is 10.4. The lowest BCUT2D eigenvalue weighted by Gasteiger charge is -2.27. The van der Waals surface area contributed by atoms with Crippen LogP contribution >= 0.6 is 34.7 Å². The molecule has 0 atom stereocenters. The average molecular weight is 356 g/mol. The molecule has 0 saturated carbocycles. The summed E-state index contributed by atoms with van der Waals surface area (Å²) in [7, 11) is 1.75. The lowest BCUT2D eigenvalue weighted by Crippen LogP contribution is -2.39. The molecule has 2 aromatic heterocycles. The Balaban J connectivity index is 2.30. The fourth-order valence-corrected chi connectivity index (χ4v) is 4.21. The minimum atomic E-state index is -0.448. The number of pyridine rings is 1. The Morgan fingerprint density at radius 1 is 1.50 bits per heavy atom. The first-order valence-electron chi connectivity index (χ1n) is 6.70. The quantitative estimate of drug-likeness (QED) is 0.805. The Bertz CT molecular complexity index is 658. The van der Waals surface area contributed by atoms with Crippen LogP contribution in [0.25, 0.3) is 10.6 Å². The molecule has 0 aliphatic heterocycles. The van der Waals surface area contributed by atoms with Gasteiger partial charge in [-0.1, -0.05) is 36.8 Å². The summed E-state index contributed by atoms with van der Waals surface area (Å²) in [5, 5.41) is 1.77. The van der Waals surface area contributed by atoms with Crippen LogP contribution < -0.4 is 4.90 Å². The van der Waals surface area contributed by atoms with Crippen molar-refractivity contribution in [1.29, 1.82) is 0 Å². The lowest BCUT2D eigenvalue weighted by molar-refractivity contribution is -0.125. The zero-order valence-electron chi connectivity index (χ0n) is 13.0. The Morgan fingerprint density at radius 3 is 2.82 bits per heavy atom. The molecule has 0 aromatic carbocycles. The molecule has 2 aromatic rings. The molecule has 22 heavy (non-hydrogen) atoms. The number of anilines is 1. The number of carbonyl (C=O) groups excluding carboxylic acids is 1. The van der Waals surface area contributed by atoms with Crippen LogP contribution in [-0.2, 0) is 4.79 Å². The van der Waals surface area contributed by atoms with Gasteiger partial charge in [-0.3, -0.25) is 9.78 Å². The van der Waals surface area contributed by atoms with E-state index in [1.807, 2.05) is 32.2 Å². The van der Waals surface area contributed by atoms with Gasteiger partial charge < -0.3 is 4.90 Å². The summed E-state index contributed by atoms with van der Waals surface area (Å²) in [4.78, 5) is 22.7. The third-order valence-electron chi connectivity index (χ3n) is 3.17. The summed E-state index contributed by atoms with van der Waals surface area (Å²) in [5.74, 6) is 0.785. The fourth-order valence-electron chi connectivity index (χ4n) is 2.08.